The van der Waals surface area contributed by atoms with Gasteiger partial charge in [-0.25, -0.2) is 9.36 Å². The number of hydrogen-bond acceptors (Lipinski definition) is 6. The van der Waals surface area contributed by atoms with E-state index < -0.39 is 0 Å². The summed E-state index contributed by atoms with van der Waals surface area (Å²) in [5, 5.41) is 15.0. The number of fused-ring (bicyclic) bond motifs is 2. The Morgan fingerprint density at radius 1 is 0.812 bits per heavy atom. The van der Waals surface area contributed by atoms with Crippen molar-refractivity contribution in [2.45, 2.75) is 64.7 Å². The normalized spacial score (nSPS) is 22.1. The Hall–Kier alpha value is -3.04. The first kappa shape index (κ1) is 20.8. The summed E-state index contributed by atoms with van der Waals surface area (Å²) < 4.78 is 14.8. The number of nitrogens with zero attached hydrogens (tertiary/aromatic N) is 4. The van der Waals surface area contributed by atoms with Gasteiger partial charge in [0.2, 0.25) is 23.6 Å². The Morgan fingerprint density at radius 3 is 1.66 bits per heavy atom. The molecule has 0 unspecified atom stereocenters. The van der Waals surface area contributed by atoms with Crippen molar-refractivity contribution >= 4 is 11.8 Å². The highest BCUT2D eigenvalue weighted by Crippen LogP contribution is 2.29. The molecule has 1 fully saturated rings. The predicted molar refractivity (Wildman–Crippen MR) is 114 cm³/mol. The maximum Gasteiger partial charge on any atom is 0.223 e. The highest BCUT2D eigenvalue weighted by molar-refractivity contribution is 5.81. The van der Waals surface area contributed by atoms with Crippen LogP contribution in [0.2, 0.25) is 0 Å². The molecule has 5 rings (SSSR count). The van der Waals surface area contributed by atoms with Gasteiger partial charge >= 0.3 is 0 Å². The van der Waals surface area contributed by atoms with Crippen LogP contribution in [0.25, 0.3) is 0 Å². The van der Waals surface area contributed by atoms with Crippen molar-refractivity contribution in [1.29, 1.82) is 0 Å². The van der Waals surface area contributed by atoms with E-state index in [1.807, 2.05) is 21.5 Å². The highest BCUT2D eigenvalue weighted by atomic mass is 16.5. The Labute approximate surface area is 186 Å². The molecule has 0 spiro atoms. The van der Waals surface area contributed by atoms with Crippen molar-refractivity contribution in [2.75, 3.05) is 13.2 Å². The summed E-state index contributed by atoms with van der Waals surface area (Å²) in [6.07, 6.45) is 4.80. The summed E-state index contributed by atoms with van der Waals surface area (Å²) in [4.78, 5) is 25.2. The van der Waals surface area contributed by atoms with Crippen LogP contribution in [0.1, 0.15) is 49.9 Å². The van der Waals surface area contributed by atoms with Crippen molar-refractivity contribution < 1.29 is 19.1 Å². The molecular formula is C22H30N6O4. The second kappa shape index (κ2) is 9.22. The third kappa shape index (κ3) is 4.58. The summed E-state index contributed by atoms with van der Waals surface area (Å²) in [6.45, 7) is 3.94. The average Bonchev–Trinajstić information content (AvgIpc) is 3.44. The predicted octanol–water partition coefficient (Wildman–Crippen LogP) is 1.38. The van der Waals surface area contributed by atoms with Crippen molar-refractivity contribution in [3.63, 3.8) is 0 Å². The summed E-state index contributed by atoms with van der Waals surface area (Å²) in [6, 6.07) is 3.78. The Kier molecular flexibility index (Phi) is 6.00. The number of carbonyl (C=O) groups excluding carboxylic acids is 2. The van der Waals surface area contributed by atoms with E-state index in [0.29, 0.717) is 26.3 Å². The minimum Gasteiger partial charge on any atom is -0.478 e. The van der Waals surface area contributed by atoms with Crippen LogP contribution in [0.15, 0.2) is 12.1 Å². The fourth-order valence-corrected chi connectivity index (χ4v) is 4.67. The molecule has 32 heavy (non-hydrogen) atoms. The van der Waals surface area contributed by atoms with Gasteiger partial charge in [0.05, 0.1) is 37.7 Å². The fraction of sp³-hybridized carbons (Fsp3) is 0.636. The van der Waals surface area contributed by atoms with Crippen molar-refractivity contribution in [2.24, 2.45) is 11.8 Å². The highest BCUT2D eigenvalue weighted by Gasteiger charge is 2.30. The van der Waals surface area contributed by atoms with E-state index in [4.69, 9.17) is 9.47 Å². The lowest BCUT2D eigenvalue weighted by Crippen LogP contribution is -2.37. The zero-order valence-corrected chi connectivity index (χ0v) is 18.2. The van der Waals surface area contributed by atoms with Crippen molar-refractivity contribution in [3.05, 3.63) is 23.5 Å². The second-order valence-electron chi connectivity index (χ2n) is 8.78. The van der Waals surface area contributed by atoms with E-state index in [0.717, 1.165) is 74.8 Å². The minimum atomic E-state index is -0.0513. The van der Waals surface area contributed by atoms with Crippen LogP contribution in [-0.4, -0.2) is 44.6 Å². The maximum absolute atomic E-state index is 12.6. The van der Waals surface area contributed by atoms with Crippen LogP contribution in [0.4, 0.5) is 0 Å². The van der Waals surface area contributed by atoms with Gasteiger partial charge in [-0.05, 0) is 25.7 Å². The summed E-state index contributed by atoms with van der Waals surface area (Å²) in [5.74, 6) is 1.53. The largest absolute Gasteiger partial charge is 0.478 e. The number of aryl methyl sites for hydroxylation is 2. The van der Waals surface area contributed by atoms with Crippen molar-refractivity contribution in [3.8, 4) is 11.8 Å². The number of carbonyl (C=O) groups is 2. The zero-order valence-electron chi connectivity index (χ0n) is 18.2. The van der Waals surface area contributed by atoms with E-state index in [1.165, 1.54) is 0 Å². The van der Waals surface area contributed by atoms with Crippen LogP contribution in [0.5, 0.6) is 11.8 Å². The molecule has 0 saturated heterocycles. The molecule has 1 aliphatic carbocycles. The molecule has 10 nitrogen and oxygen atoms in total. The summed E-state index contributed by atoms with van der Waals surface area (Å²) in [7, 11) is 0. The Morgan fingerprint density at radius 2 is 1.25 bits per heavy atom. The zero-order chi connectivity index (χ0) is 21.9. The first-order chi connectivity index (χ1) is 15.7. The molecule has 0 aromatic carbocycles. The number of hydrogen-bond donors (Lipinski definition) is 2. The lowest BCUT2D eigenvalue weighted by atomic mass is 9.81. The molecule has 0 atom stereocenters. The molecule has 2 aromatic heterocycles. The van der Waals surface area contributed by atoms with Gasteiger partial charge in [0.15, 0.2) is 0 Å². The van der Waals surface area contributed by atoms with Crippen molar-refractivity contribution in [1.82, 2.24) is 30.2 Å². The quantitative estimate of drug-likeness (QED) is 0.699. The number of amides is 2. The third-order valence-corrected chi connectivity index (χ3v) is 6.47. The molecule has 0 radical (unpaired) electrons. The SMILES string of the molecule is O=C(NCc1cc2n(n1)CCCO2)C1CCC(C(=O)NCc2cc3n(n2)CCCO3)CC1. The molecule has 2 N–H and O–H groups in total. The second-order valence-corrected chi connectivity index (χ2v) is 8.78. The standard InChI is InChI=1S/C22H30N6O4/c29-21(23-13-17-11-19-27(25-17)7-1-9-31-19)15-3-5-16(6-4-15)22(30)24-14-18-12-20-28(26-18)8-2-10-32-20/h11-12,15-16H,1-10,13-14H2,(H,23,29)(H,24,30). The number of aromatic nitrogens is 4. The lowest BCUT2D eigenvalue weighted by molar-refractivity contribution is -0.130. The molecule has 4 heterocycles. The maximum atomic E-state index is 12.6. The van der Waals surface area contributed by atoms with Crippen LogP contribution in [-0.2, 0) is 35.8 Å². The molecule has 0 bridgehead atoms. The molecule has 10 heteroatoms. The van der Waals surface area contributed by atoms with E-state index >= 15 is 0 Å². The van der Waals surface area contributed by atoms with Gasteiger partial charge < -0.3 is 20.1 Å². The van der Waals surface area contributed by atoms with Gasteiger partial charge in [-0.15, -0.1) is 0 Å². The molecule has 2 aliphatic heterocycles. The molecular weight excluding hydrogens is 412 g/mol. The molecule has 2 amide bonds. The van der Waals surface area contributed by atoms with Gasteiger partial charge in [-0.2, -0.15) is 10.2 Å². The Balaban J connectivity index is 1.04. The fourth-order valence-electron chi connectivity index (χ4n) is 4.67. The smallest absolute Gasteiger partial charge is 0.223 e. The third-order valence-electron chi connectivity index (χ3n) is 6.47. The van der Waals surface area contributed by atoms with E-state index in [9.17, 15) is 9.59 Å². The summed E-state index contributed by atoms with van der Waals surface area (Å²) >= 11 is 0. The van der Waals surface area contributed by atoms with E-state index in [1.54, 1.807) is 0 Å². The lowest BCUT2D eigenvalue weighted by Gasteiger charge is -2.26. The van der Waals surface area contributed by atoms with Gasteiger partial charge in [-0.1, -0.05) is 0 Å². The van der Waals surface area contributed by atoms with Crippen LogP contribution in [0.3, 0.4) is 0 Å². The molecule has 2 aromatic rings. The van der Waals surface area contributed by atoms with Gasteiger partial charge in [-0.3, -0.25) is 9.59 Å². The topological polar surface area (TPSA) is 112 Å². The minimum absolute atomic E-state index is 0.0411. The van der Waals surface area contributed by atoms with E-state index in [-0.39, 0.29) is 23.7 Å². The molecule has 172 valence electrons. The molecule has 3 aliphatic rings. The van der Waals surface area contributed by atoms with Gasteiger partial charge in [0.25, 0.3) is 0 Å². The summed E-state index contributed by atoms with van der Waals surface area (Å²) in [5.41, 5.74) is 1.63. The Bertz CT molecular complexity index is 850. The number of rotatable bonds is 6. The number of nitrogens with one attached hydrogen (secondary N) is 2. The van der Waals surface area contributed by atoms with Crippen LogP contribution >= 0.6 is 0 Å². The van der Waals surface area contributed by atoms with Crippen LogP contribution in [0, 0.1) is 11.8 Å². The first-order valence-electron chi connectivity index (χ1n) is 11.6. The molecule has 1 saturated carbocycles. The number of ether oxygens (including phenoxy) is 2. The van der Waals surface area contributed by atoms with Gasteiger partial charge in [0, 0.05) is 49.9 Å². The van der Waals surface area contributed by atoms with Gasteiger partial charge in [0.1, 0.15) is 0 Å². The first-order valence-corrected chi connectivity index (χ1v) is 11.6. The van der Waals surface area contributed by atoms with Crippen LogP contribution < -0.4 is 20.1 Å². The monoisotopic (exact) mass is 442 g/mol. The average molecular weight is 443 g/mol. The van der Waals surface area contributed by atoms with E-state index in [2.05, 4.69) is 20.8 Å².